The number of imidazole rings is 1. The molecule has 0 spiro atoms. The molecule has 2 heterocycles. The fourth-order valence-electron chi connectivity index (χ4n) is 1.77. The number of thiocarbonyl (C=S) groups is 1. The first kappa shape index (κ1) is 12.3. The third kappa shape index (κ3) is 2.56. The predicted molar refractivity (Wildman–Crippen MR) is 73.3 cm³/mol. The number of rotatable bonds is 4. The first-order valence-corrected chi connectivity index (χ1v) is 6.19. The summed E-state index contributed by atoms with van der Waals surface area (Å²) in [6.07, 6.45) is 3.49. The molecule has 2 rings (SSSR count). The summed E-state index contributed by atoms with van der Waals surface area (Å²) in [4.78, 5) is 9.24. The van der Waals surface area contributed by atoms with E-state index in [2.05, 4.69) is 16.9 Å². The van der Waals surface area contributed by atoms with Crippen LogP contribution in [0.15, 0.2) is 12.3 Å². The molecule has 0 amide bonds. The molecule has 0 aliphatic carbocycles. The van der Waals surface area contributed by atoms with Gasteiger partial charge >= 0.3 is 0 Å². The third-order valence-corrected chi connectivity index (χ3v) is 2.75. The summed E-state index contributed by atoms with van der Waals surface area (Å²) in [5, 5.41) is 0.584. The van der Waals surface area contributed by atoms with Gasteiger partial charge in [-0.2, -0.15) is 0 Å². The van der Waals surface area contributed by atoms with Crippen LogP contribution in [0, 0.1) is 0 Å². The molecule has 0 saturated carbocycles. The Morgan fingerprint density at radius 2 is 2.35 bits per heavy atom. The van der Waals surface area contributed by atoms with Gasteiger partial charge in [0.05, 0.1) is 16.6 Å². The highest BCUT2D eigenvalue weighted by Gasteiger charge is 2.12. The van der Waals surface area contributed by atoms with Crippen LogP contribution < -0.4 is 5.73 Å². The quantitative estimate of drug-likeness (QED) is 0.865. The maximum absolute atomic E-state index is 5.90. The lowest BCUT2D eigenvalue weighted by Gasteiger charge is -2.06. The van der Waals surface area contributed by atoms with Gasteiger partial charge in [0.2, 0.25) is 0 Å². The zero-order valence-electron chi connectivity index (χ0n) is 9.48. The molecule has 2 N–H and O–H groups in total. The largest absolute Gasteiger partial charge is 0.392 e. The number of halogens is 1. The molecule has 0 aliphatic heterocycles. The predicted octanol–water partition coefficient (Wildman–Crippen LogP) is 2.32. The molecular formula is C11H13ClN4S. The van der Waals surface area contributed by atoms with Crippen molar-refractivity contribution in [2.24, 2.45) is 5.73 Å². The van der Waals surface area contributed by atoms with Gasteiger partial charge in [-0.3, -0.25) is 0 Å². The average Bonchev–Trinajstić information content (AvgIpc) is 2.56. The van der Waals surface area contributed by atoms with Crippen molar-refractivity contribution in [3.05, 3.63) is 23.1 Å². The van der Waals surface area contributed by atoms with Crippen LogP contribution in [0.5, 0.6) is 0 Å². The molecule has 2 aromatic rings. The Hall–Kier alpha value is -1.20. The molecule has 0 unspecified atom stereocenters. The summed E-state index contributed by atoms with van der Waals surface area (Å²) in [6.45, 7) is 2.57. The molecule has 6 heteroatoms. The van der Waals surface area contributed by atoms with Crippen molar-refractivity contribution in [2.75, 3.05) is 0 Å². The van der Waals surface area contributed by atoms with E-state index in [1.165, 1.54) is 0 Å². The Kier molecular flexibility index (Phi) is 3.59. The van der Waals surface area contributed by atoms with Gasteiger partial charge in [0, 0.05) is 12.6 Å². The van der Waals surface area contributed by atoms with E-state index < -0.39 is 0 Å². The van der Waals surface area contributed by atoms with Crippen molar-refractivity contribution < 1.29 is 0 Å². The molecule has 0 aliphatic rings. The highest BCUT2D eigenvalue weighted by molar-refractivity contribution is 7.80. The summed E-state index contributed by atoms with van der Waals surface area (Å²) >= 11 is 10.9. The molecule has 0 fully saturated rings. The Morgan fingerprint density at radius 1 is 1.59 bits per heavy atom. The van der Waals surface area contributed by atoms with Gasteiger partial charge < -0.3 is 10.3 Å². The van der Waals surface area contributed by atoms with Crippen LogP contribution in [0.25, 0.3) is 11.2 Å². The van der Waals surface area contributed by atoms with Crippen molar-refractivity contribution in [3.8, 4) is 0 Å². The molecule has 90 valence electrons. The van der Waals surface area contributed by atoms with Gasteiger partial charge in [0.1, 0.15) is 11.3 Å². The second kappa shape index (κ2) is 4.98. The van der Waals surface area contributed by atoms with Crippen LogP contribution >= 0.6 is 23.8 Å². The highest BCUT2D eigenvalue weighted by Crippen LogP contribution is 2.18. The third-order valence-electron chi connectivity index (χ3n) is 2.42. The van der Waals surface area contributed by atoms with Crippen molar-refractivity contribution in [3.63, 3.8) is 0 Å². The molecule has 0 aromatic carbocycles. The smallest absolute Gasteiger partial charge is 0.160 e. The lowest BCUT2D eigenvalue weighted by molar-refractivity contribution is 0.744. The van der Waals surface area contributed by atoms with Crippen LogP contribution in [-0.4, -0.2) is 19.5 Å². The highest BCUT2D eigenvalue weighted by atomic mass is 35.5. The maximum Gasteiger partial charge on any atom is 0.160 e. The maximum atomic E-state index is 5.90. The second-order valence-electron chi connectivity index (χ2n) is 3.83. The summed E-state index contributed by atoms with van der Waals surface area (Å²) < 4.78 is 1.96. The van der Waals surface area contributed by atoms with Crippen LogP contribution in [0.4, 0.5) is 0 Å². The molecule has 4 nitrogen and oxygen atoms in total. The zero-order valence-corrected chi connectivity index (χ0v) is 11.1. The minimum Gasteiger partial charge on any atom is -0.392 e. The van der Waals surface area contributed by atoms with Crippen molar-refractivity contribution in [1.29, 1.82) is 0 Å². The zero-order chi connectivity index (χ0) is 12.4. The molecular weight excluding hydrogens is 256 g/mol. The number of aromatic nitrogens is 3. The van der Waals surface area contributed by atoms with Gasteiger partial charge in [-0.15, -0.1) is 0 Å². The molecule has 0 bridgehead atoms. The fourth-order valence-corrected chi connectivity index (χ4v) is 2.05. The van der Waals surface area contributed by atoms with E-state index in [1.807, 2.05) is 4.57 Å². The van der Waals surface area contributed by atoms with E-state index >= 15 is 0 Å². The number of nitrogens with zero attached hydrogens (tertiary/aromatic N) is 3. The topological polar surface area (TPSA) is 56.7 Å². The molecule has 0 radical (unpaired) electrons. The Bertz CT molecular complexity index is 564. The van der Waals surface area contributed by atoms with E-state index in [9.17, 15) is 0 Å². The Labute approximate surface area is 110 Å². The summed E-state index contributed by atoms with van der Waals surface area (Å²) in [6, 6.07) is 1.80. The molecule has 2 aromatic heterocycles. The number of aryl methyl sites for hydroxylation is 1. The van der Waals surface area contributed by atoms with Crippen molar-refractivity contribution >= 4 is 40.0 Å². The monoisotopic (exact) mass is 268 g/mol. The number of pyridine rings is 1. The van der Waals surface area contributed by atoms with Gasteiger partial charge in [-0.25, -0.2) is 9.97 Å². The van der Waals surface area contributed by atoms with E-state index in [1.54, 1.807) is 12.3 Å². The van der Waals surface area contributed by atoms with Gasteiger partial charge in [-0.05, 0) is 12.5 Å². The van der Waals surface area contributed by atoms with E-state index in [-0.39, 0.29) is 0 Å². The van der Waals surface area contributed by atoms with Gasteiger partial charge in [0.15, 0.2) is 5.65 Å². The lowest BCUT2D eigenvalue weighted by atomic mass is 10.3. The Morgan fingerprint density at radius 3 is 3.00 bits per heavy atom. The normalized spacial score (nSPS) is 10.9. The fraction of sp³-hybridized carbons (Fsp3) is 0.364. The molecule has 17 heavy (non-hydrogen) atoms. The number of hydrogen-bond acceptors (Lipinski definition) is 3. The standard InChI is InChI=1S/C11H13ClN4S/c1-2-3-10-15-8-4-7(12)5-14-11(8)16(10)6-9(13)17/h4-5H,2-3,6H2,1H3,(H2,13,17). The van der Waals surface area contributed by atoms with Crippen LogP contribution in [0.3, 0.4) is 0 Å². The summed E-state index contributed by atoms with van der Waals surface area (Å²) in [7, 11) is 0. The second-order valence-corrected chi connectivity index (χ2v) is 4.79. The number of nitrogens with two attached hydrogens (primary N) is 1. The Balaban J connectivity index is 2.57. The van der Waals surface area contributed by atoms with Crippen LogP contribution in [-0.2, 0) is 13.0 Å². The van der Waals surface area contributed by atoms with Crippen LogP contribution in [0.1, 0.15) is 19.2 Å². The summed E-state index contributed by atoms with van der Waals surface area (Å²) in [5.74, 6) is 0.949. The van der Waals surface area contributed by atoms with E-state index in [0.29, 0.717) is 16.6 Å². The number of fused-ring (bicyclic) bond motifs is 1. The van der Waals surface area contributed by atoms with Gasteiger partial charge in [-0.1, -0.05) is 30.7 Å². The molecule has 0 atom stereocenters. The lowest BCUT2D eigenvalue weighted by Crippen LogP contribution is -2.18. The van der Waals surface area contributed by atoms with Crippen molar-refractivity contribution in [1.82, 2.24) is 14.5 Å². The van der Waals surface area contributed by atoms with Gasteiger partial charge in [0.25, 0.3) is 0 Å². The van der Waals surface area contributed by atoms with Crippen LogP contribution in [0.2, 0.25) is 5.02 Å². The molecule has 0 saturated heterocycles. The minimum absolute atomic E-state index is 0.429. The summed E-state index contributed by atoms with van der Waals surface area (Å²) in [5.41, 5.74) is 7.17. The average molecular weight is 269 g/mol. The van der Waals surface area contributed by atoms with E-state index in [0.717, 1.165) is 29.8 Å². The SMILES string of the molecule is CCCc1nc2cc(Cl)cnc2n1CC(N)=S. The number of hydrogen-bond donors (Lipinski definition) is 1. The first-order valence-electron chi connectivity index (χ1n) is 5.40. The van der Waals surface area contributed by atoms with E-state index in [4.69, 9.17) is 29.6 Å². The first-order chi connectivity index (χ1) is 8.11. The minimum atomic E-state index is 0.429. The van der Waals surface area contributed by atoms with Crippen molar-refractivity contribution in [2.45, 2.75) is 26.3 Å².